The summed E-state index contributed by atoms with van der Waals surface area (Å²) >= 11 is 0. The summed E-state index contributed by atoms with van der Waals surface area (Å²) in [6.07, 6.45) is -0.355. The van der Waals surface area contributed by atoms with Crippen molar-refractivity contribution < 1.29 is 18.7 Å². The molecule has 2 rings (SSSR count). The molecule has 1 heterocycles. The molecule has 1 aromatic carbocycles. The molecule has 7 nitrogen and oxygen atoms in total. The molecule has 0 unspecified atom stereocenters. The molecule has 1 aliphatic heterocycles. The Bertz CT molecular complexity index is 665. The summed E-state index contributed by atoms with van der Waals surface area (Å²) in [5, 5.41) is 2.56. The minimum atomic E-state index is -0.668. The van der Waals surface area contributed by atoms with Gasteiger partial charge in [0.15, 0.2) is 0 Å². The van der Waals surface area contributed by atoms with Crippen molar-refractivity contribution in [2.75, 3.05) is 36.4 Å². The lowest BCUT2D eigenvalue weighted by atomic mass is 10.2. The number of nitrogens with one attached hydrogen (secondary N) is 1. The van der Waals surface area contributed by atoms with E-state index in [9.17, 15) is 14.0 Å². The SMILES string of the molecule is C[C@H](N)C(=O)Nc1ccc(N2CCN(C(=O)OC(C)(C)C)CC2)c(F)c1. The molecule has 0 saturated carbocycles. The number of halogens is 1. The van der Waals surface area contributed by atoms with Gasteiger partial charge in [-0.2, -0.15) is 0 Å². The Morgan fingerprint density at radius 2 is 1.85 bits per heavy atom. The van der Waals surface area contributed by atoms with Crippen LogP contribution in [0, 0.1) is 5.82 Å². The molecule has 8 heteroatoms. The monoisotopic (exact) mass is 366 g/mol. The number of nitrogens with two attached hydrogens (primary N) is 1. The van der Waals surface area contributed by atoms with Crippen LogP contribution < -0.4 is 16.0 Å². The third-order valence-electron chi connectivity index (χ3n) is 3.90. The zero-order valence-corrected chi connectivity index (χ0v) is 15.7. The second kappa shape index (κ2) is 7.90. The Labute approximate surface area is 153 Å². The van der Waals surface area contributed by atoms with Crippen molar-refractivity contribution in [1.29, 1.82) is 0 Å². The normalized spacial score (nSPS) is 16.2. The molecule has 1 saturated heterocycles. The van der Waals surface area contributed by atoms with Crippen LogP contribution in [-0.2, 0) is 9.53 Å². The zero-order chi connectivity index (χ0) is 19.5. The first-order valence-corrected chi connectivity index (χ1v) is 8.65. The van der Waals surface area contributed by atoms with Gasteiger partial charge in [-0.3, -0.25) is 4.79 Å². The highest BCUT2D eigenvalue weighted by Crippen LogP contribution is 2.24. The molecule has 1 aliphatic rings. The number of hydrogen-bond donors (Lipinski definition) is 2. The second-order valence-corrected chi connectivity index (χ2v) is 7.40. The fourth-order valence-electron chi connectivity index (χ4n) is 2.55. The average Bonchev–Trinajstić information content (AvgIpc) is 2.53. The number of amides is 2. The Morgan fingerprint density at radius 1 is 1.23 bits per heavy atom. The predicted octanol–water partition coefficient (Wildman–Crippen LogP) is 2.17. The van der Waals surface area contributed by atoms with Crippen LogP contribution in [0.25, 0.3) is 0 Å². The summed E-state index contributed by atoms with van der Waals surface area (Å²) in [5.41, 5.74) is 5.75. The molecule has 144 valence electrons. The number of benzene rings is 1. The highest BCUT2D eigenvalue weighted by molar-refractivity contribution is 5.94. The van der Waals surface area contributed by atoms with Gasteiger partial charge in [-0.1, -0.05) is 0 Å². The van der Waals surface area contributed by atoms with Crippen molar-refractivity contribution in [3.63, 3.8) is 0 Å². The molecule has 0 radical (unpaired) electrons. The highest BCUT2D eigenvalue weighted by atomic mass is 19.1. The molecule has 0 aliphatic carbocycles. The van der Waals surface area contributed by atoms with E-state index in [1.165, 1.54) is 6.07 Å². The van der Waals surface area contributed by atoms with Crippen LogP contribution in [-0.4, -0.2) is 54.7 Å². The van der Waals surface area contributed by atoms with E-state index in [0.29, 0.717) is 37.6 Å². The van der Waals surface area contributed by atoms with Gasteiger partial charge >= 0.3 is 6.09 Å². The molecule has 1 atom stereocenters. The largest absolute Gasteiger partial charge is 0.444 e. The Hall–Kier alpha value is -2.35. The number of rotatable bonds is 3. The fraction of sp³-hybridized carbons (Fsp3) is 0.556. The number of hydrogen-bond acceptors (Lipinski definition) is 5. The van der Waals surface area contributed by atoms with Crippen LogP contribution in [0.15, 0.2) is 18.2 Å². The van der Waals surface area contributed by atoms with E-state index >= 15 is 0 Å². The zero-order valence-electron chi connectivity index (χ0n) is 15.7. The van der Waals surface area contributed by atoms with Crippen molar-refractivity contribution in [2.24, 2.45) is 5.73 Å². The molecule has 1 aromatic rings. The van der Waals surface area contributed by atoms with E-state index in [2.05, 4.69) is 5.32 Å². The van der Waals surface area contributed by atoms with Crippen LogP contribution >= 0.6 is 0 Å². The molecule has 2 amide bonds. The molecule has 1 fully saturated rings. The van der Waals surface area contributed by atoms with E-state index < -0.39 is 17.5 Å². The number of carbonyl (C=O) groups is 2. The van der Waals surface area contributed by atoms with E-state index in [1.807, 2.05) is 25.7 Å². The maximum Gasteiger partial charge on any atom is 0.410 e. The number of ether oxygens (including phenoxy) is 1. The summed E-state index contributed by atoms with van der Waals surface area (Å²) in [7, 11) is 0. The molecule has 0 spiro atoms. The van der Waals surface area contributed by atoms with Crippen molar-refractivity contribution in [2.45, 2.75) is 39.3 Å². The van der Waals surface area contributed by atoms with Gasteiger partial charge in [-0.15, -0.1) is 0 Å². The maximum absolute atomic E-state index is 14.4. The van der Waals surface area contributed by atoms with Crippen LogP contribution in [0.1, 0.15) is 27.7 Å². The third kappa shape index (κ3) is 5.32. The van der Waals surface area contributed by atoms with Gasteiger partial charge in [-0.25, -0.2) is 9.18 Å². The fourth-order valence-corrected chi connectivity index (χ4v) is 2.55. The first-order valence-electron chi connectivity index (χ1n) is 8.65. The standard InChI is InChI=1S/C18H27FN4O3/c1-12(20)16(24)21-13-5-6-15(14(19)11-13)22-7-9-23(10-8-22)17(25)26-18(2,3)4/h5-6,11-12H,7-10,20H2,1-4H3,(H,21,24)/t12-/m0/s1. The minimum absolute atomic E-state index is 0.355. The first-order chi connectivity index (χ1) is 12.1. The smallest absolute Gasteiger partial charge is 0.410 e. The highest BCUT2D eigenvalue weighted by Gasteiger charge is 2.26. The number of carbonyl (C=O) groups excluding carboxylic acids is 2. The van der Waals surface area contributed by atoms with Gasteiger partial charge in [0.25, 0.3) is 0 Å². The van der Waals surface area contributed by atoms with E-state index in [-0.39, 0.29) is 12.0 Å². The molecular weight excluding hydrogens is 339 g/mol. The molecule has 0 aromatic heterocycles. The molecule has 3 N–H and O–H groups in total. The lowest BCUT2D eigenvalue weighted by Gasteiger charge is -2.36. The summed E-state index contributed by atoms with van der Waals surface area (Å²) < 4.78 is 19.8. The van der Waals surface area contributed by atoms with Crippen LogP contribution in [0.5, 0.6) is 0 Å². The van der Waals surface area contributed by atoms with E-state index in [1.54, 1.807) is 24.0 Å². The van der Waals surface area contributed by atoms with E-state index in [4.69, 9.17) is 10.5 Å². The number of piperazine rings is 1. The minimum Gasteiger partial charge on any atom is -0.444 e. The summed E-state index contributed by atoms with van der Waals surface area (Å²) in [4.78, 5) is 27.2. The Kier molecular flexibility index (Phi) is 6.07. The summed E-state index contributed by atoms with van der Waals surface area (Å²) in [6, 6.07) is 3.86. The van der Waals surface area contributed by atoms with Crippen molar-refractivity contribution in [1.82, 2.24) is 4.90 Å². The predicted molar refractivity (Wildman–Crippen MR) is 98.7 cm³/mol. The van der Waals surface area contributed by atoms with Gasteiger partial charge in [-0.05, 0) is 45.9 Å². The number of anilines is 2. The van der Waals surface area contributed by atoms with Gasteiger partial charge in [0.1, 0.15) is 11.4 Å². The lowest BCUT2D eigenvalue weighted by molar-refractivity contribution is -0.117. The average molecular weight is 366 g/mol. The first kappa shape index (κ1) is 20.0. The summed E-state index contributed by atoms with van der Waals surface area (Å²) in [5.74, 6) is -0.804. The van der Waals surface area contributed by atoms with Gasteiger partial charge in [0, 0.05) is 31.9 Å². The second-order valence-electron chi connectivity index (χ2n) is 7.40. The van der Waals surface area contributed by atoms with Crippen molar-refractivity contribution in [3.8, 4) is 0 Å². The maximum atomic E-state index is 14.4. The van der Waals surface area contributed by atoms with E-state index in [0.717, 1.165) is 0 Å². The topological polar surface area (TPSA) is 87.9 Å². The molecular formula is C18H27FN4O3. The molecule has 26 heavy (non-hydrogen) atoms. The Balaban J connectivity index is 1.97. The molecule has 0 bridgehead atoms. The third-order valence-corrected chi connectivity index (χ3v) is 3.90. The summed E-state index contributed by atoms with van der Waals surface area (Å²) in [6.45, 7) is 8.94. The van der Waals surface area contributed by atoms with Crippen LogP contribution in [0.3, 0.4) is 0 Å². The van der Waals surface area contributed by atoms with Crippen LogP contribution in [0.4, 0.5) is 20.6 Å². The van der Waals surface area contributed by atoms with Gasteiger partial charge in [0.2, 0.25) is 5.91 Å². The lowest BCUT2D eigenvalue weighted by Crippen LogP contribution is -2.50. The Morgan fingerprint density at radius 3 is 2.35 bits per heavy atom. The van der Waals surface area contributed by atoms with Crippen molar-refractivity contribution in [3.05, 3.63) is 24.0 Å². The van der Waals surface area contributed by atoms with Crippen LogP contribution in [0.2, 0.25) is 0 Å². The van der Waals surface area contributed by atoms with Gasteiger partial charge in [0.05, 0.1) is 11.7 Å². The number of nitrogens with zero attached hydrogens (tertiary/aromatic N) is 2. The van der Waals surface area contributed by atoms with Gasteiger partial charge < -0.3 is 25.6 Å². The quantitative estimate of drug-likeness (QED) is 0.856. The van der Waals surface area contributed by atoms with Crippen molar-refractivity contribution >= 4 is 23.4 Å².